The highest BCUT2D eigenvalue weighted by Crippen LogP contribution is 2.37. The van der Waals surface area contributed by atoms with Crippen LogP contribution in [0.15, 0.2) is 54.7 Å². The summed E-state index contributed by atoms with van der Waals surface area (Å²) in [4.78, 5) is 31.4. The molecule has 2 aromatic carbocycles. The molecule has 36 heavy (non-hydrogen) atoms. The lowest BCUT2D eigenvalue weighted by atomic mass is 9.90. The van der Waals surface area contributed by atoms with Crippen LogP contribution in [-0.4, -0.2) is 52.3 Å². The van der Waals surface area contributed by atoms with Crippen LogP contribution in [0.5, 0.6) is 0 Å². The molecule has 2 aliphatic rings. The predicted molar refractivity (Wildman–Crippen MR) is 134 cm³/mol. The fourth-order valence-corrected chi connectivity index (χ4v) is 5.07. The number of piperidine rings is 1. The fourth-order valence-electron chi connectivity index (χ4n) is 4.88. The van der Waals surface area contributed by atoms with Crippen molar-refractivity contribution < 1.29 is 23.8 Å². The number of halogens is 2. The van der Waals surface area contributed by atoms with Crippen molar-refractivity contribution in [2.45, 2.75) is 31.9 Å². The van der Waals surface area contributed by atoms with Crippen molar-refractivity contribution in [3.8, 4) is 11.1 Å². The molecular formula is C27H25ClFN3O4. The zero-order chi connectivity index (χ0) is 25.4. The maximum Gasteiger partial charge on any atom is 0.415 e. The van der Waals surface area contributed by atoms with Gasteiger partial charge in [-0.2, -0.15) is 4.39 Å². The van der Waals surface area contributed by atoms with Crippen LogP contribution in [0.3, 0.4) is 0 Å². The number of rotatable bonds is 5. The number of nitrogens with zero attached hydrogens (tertiary/aromatic N) is 3. The van der Waals surface area contributed by atoms with Gasteiger partial charge < -0.3 is 9.84 Å². The minimum atomic E-state index is -1.01. The molecule has 0 atom stereocenters. The largest absolute Gasteiger partial charge is 0.478 e. The SMILES string of the molecule is Cc1cc(-c2ccc(F)nc2)c(CN2CCC3(CC2)CN(c2ccc(C(=O)O)cc2)C(=O)O3)cc1Cl. The monoisotopic (exact) mass is 509 g/mol. The maximum atomic E-state index is 13.4. The minimum Gasteiger partial charge on any atom is -0.478 e. The van der Waals surface area contributed by atoms with E-state index in [1.54, 1.807) is 23.1 Å². The number of carbonyl (C=O) groups is 2. The number of carboxylic acids is 1. The first-order valence-corrected chi connectivity index (χ1v) is 12.1. The van der Waals surface area contributed by atoms with E-state index in [0.717, 1.165) is 35.3 Å². The minimum absolute atomic E-state index is 0.168. The summed E-state index contributed by atoms with van der Waals surface area (Å²) in [5.74, 6) is -1.53. The standard InChI is InChI=1S/C27H25ClFN3O4/c1-17-12-22(19-4-7-24(29)30-14-19)20(13-23(17)28)15-31-10-8-27(9-11-31)16-32(26(35)36-27)21-5-2-18(3-6-21)25(33)34/h2-7,12-14H,8-11,15-16H2,1H3,(H,33,34). The Kier molecular flexibility index (Phi) is 6.40. The van der Waals surface area contributed by atoms with Crippen LogP contribution in [0, 0.1) is 12.9 Å². The third kappa shape index (κ3) is 4.79. The number of pyridine rings is 1. The number of aromatic nitrogens is 1. The second-order valence-corrected chi connectivity index (χ2v) is 9.80. The van der Waals surface area contributed by atoms with Gasteiger partial charge in [-0.1, -0.05) is 11.6 Å². The average molecular weight is 510 g/mol. The summed E-state index contributed by atoms with van der Waals surface area (Å²) < 4.78 is 19.2. The van der Waals surface area contributed by atoms with E-state index < -0.39 is 23.6 Å². The summed E-state index contributed by atoms with van der Waals surface area (Å²) in [5.41, 5.74) is 3.97. The van der Waals surface area contributed by atoms with E-state index >= 15 is 0 Å². The molecule has 0 unspecified atom stereocenters. The van der Waals surface area contributed by atoms with E-state index in [1.807, 2.05) is 19.1 Å². The number of ether oxygens (including phenoxy) is 1. The number of anilines is 1. The summed E-state index contributed by atoms with van der Waals surface area (Å²) in [6.45, 7) is 4.47. The molecule has 1 aromatic heterocycles. The number of hydrogen-bond acceptors (Lipinski definition) is 5. The van der Waals surface area contributed by atoms with Crippen molar-refractivity contribution in [3.63, 3.8) is 0 Å². The number of amides is 1. The molecule has 186 valence electrons. The van der Waals surface area contributed by atoms with E-state index in [9.17, 15) is 14.0 Å². The van der Waals surface area contributed by atoms with Gasteiger partial charge in [0.15, 0.2) is 0 Å². The van der Waals surface area contributed by atoms with E-state index in [4.69, 9.17) is 21.4 Å². The Labute approximate surface area is 213 Å². The van der Waals surface area contributed by atoms with Gasteiger partial charge in [0.2, 0.25) is 5.95 Å². The molecule has 1 spiro atoms. The summed E-state index contributed by atoms with van der Waals surface area (Å²) >= 11 is 6.44. The van der Waals surface area contributed by atoms with Gasteiger partial charge in [-0.3, -0.25) is 9.80 Å². The van der Waals surface area contributed by atoms with Gasteiger partial charge in [0.1, 0.15) is 5.60 Å². The van der Waals surface area contributed by atoms with Gasteiger partial charge >= 0.3 is 12.1 Å². The molecular weight excluding hydrogens is 485 g/mol. The molecule has 0 aliphatic carbocycles. The Morgan fingerprint density at radius 3 is 2.53 bits per heavy atom. The quantitative estimate of drug-likeness (QED) is 0.455. The first-order chi connectivity index (χ1) is 17.2. The van der Waals surface area contributed by atoms with Crippen molar-refractivity contribution in [1.29, 1.82) is 0 Å². The summed E-state index contributed by atoms with van der Waals surface area (Å²) in [6.07, 6.45) is 2.47. The molecule has 1 amide bonds. The molecule has 7 nitrogen and oxygen atoms in total. The van der Waals surface area contributed by atoms with Crippen molar-refractivity contribution in [2.24, 2.45) is 0 Å². The topological polar surface area (TPSA) is 83.0 Å². The molecule has 2 saturated heterocycles. The number of carbonyl (C=O) groups excluding carboxylic acids is 1. The van der Waals surface area contributed by atoms with E-state index in [1.165, 1.54) is 24.4 Å². The Morgan fingerprint density at radius 2 is 1.89 bits per heavy atom. The molecule has 0 saturated carbocycles. The van der Waals surface area contributed by atoms with Gasteiger partial charge in [0.25, 0.3) is 0 Å². The Bertz CT molecular complexity index is 1310. The molecule has 2 aliphatic heterocycles. The normalized spacial score (nSPS) is 17.4. The second kappa shape index (κ2) is 9.52. The number of aryl methyl sites for hydroxylation is 1. The Balaban J connectivity index is 1.28. The lowest BCUT2D eigenvalue weighted by molar-refractivity contribution is -0.000942. The van der Waals surface area contributed by atoms with Crippen molar-refractivity contribution in [2.75, 3.05) is 24.5 Å². The number of aromatic carboxylic acids is 1. The van der Waals surface area contributed by atoms with Gasteiger partial charge in [0.05, 0.1) is 12.1 Å². The summed E-state index contributed by atoms with van der Waals surface area (Å²) in [5, 5.41) is 9.78. The van der Waals surface area contributed by atoms with Crippen LogP contribution in [0.2, 0.25) is 5.02 Å². The highest BCUT2D eigenvalue weighted by molar-refractivity contribution is 6.31. The van der Waals surface area contributed by atoms with Gasteiger partial charge in [-0.25, -0.2) is 14.6 Å². The van der Waals surface area contributed by atoms with Crippen molar-refractivity contribution in [1.82, 2.24) is 9.88 Å². The Morgan fingerprint density at radius 1 is 1.17 bits per heavy atom. The average Bonchev–Trinajstić information content (AvgIpc) is 3.19. The summed E-state index contributed by atoms with van der Waals surface area (Å²) in [7, 11) is 0. The first kappa shape index (κ1) is 24.2. The number of carboxylic acid groups (broad SMARTS) is 1. The first-order valence-electron chi connectivity index (χ1n) is 11.7. The third-order valence-corrected chi connectivity index (χ3v) is 7.39. The van der Waals surface area contributed by atoms with Crippen LogP contribution in [0.25, 0.3) is 11.1 Å². The lowest BCUT2D eigenvalue weighted by Gasteiger charge is -2.37. The van der Waals surface area contributed by atoms with Crippen LogP contribution in [-0.2, 0) is 11.3 Å². The van der Waals surface area contributed by atoms with Gasteiger partial charge in [-0.15, -0.1) is 0 Å². The smallest absolute Gasteiger partial charge is 0.415 e. The highest BCUT2D eigenvalue weighted by Gasteiger charge is 2.47. The second-order valence-electron chi connectivity index (χ2n) is 9.39. The molecule has 9 heteroatoms. The number of benzene rings is 2. The highest BCUT2D eigenvalue weighted by atomic mass is 35.5. The zero-order valence-electron chi connectivity index (χ0n) is 19.7. The van der Waals surface area contributed by atoms with E-state index in [0.29, 0.717) is 36.6 Å². The van der Waals surface area contributed by atoms with E-state index in [-0.39, 0.29) is 5.56 Å². The van der Waals surface area contributed by atoms with Crippen molar-refractivity contribution in [3.05, 3.63) is 82.4 Å². The van der Waals surface area contributed by atoms with Crippen LogP contribution in [0.4, 0.5) is 14.9 Å². The van der Waals surface area contributed by atoms with Crippen LogP contribution in [0.1, 0.15) is 34.3 Å². The Hall–Kier alpha value is -3.49. The molecule has 0 bridgehead atoms. The molecule has 1 N–H and O–H groups in total. The third-order valence-electron chi connectivity index (χ3n) is 6.98. The van der Waals surface area contributed by atoms with Crippen molar-refractivity contribution >= 4 is 29.4 Å². The summed E-state index contributed by atoms with van der Waals surface area (Å²) in [6, 6.07) is 13.3. The fraction of sp³-hybridized carbons (Fsp3) is 0.296. The maximum absolute atomic E-state index is 13.4. The van der Waals surface area contributed by atoms with Crippen LogP contribution < -0.4 is 4.90 Å². The molecule has 0 radical (unpaired) electrons. The predicted octanol–water partition coefficient (Wildman–Crippen LogP) is 5.54. The zero-order valence-corrected chi connectivity index (χ0v) is 20.5. The molecule has 3 heterocycles. The van der Waals surface area contributed by atoms with Crippen LogP contribution >= 0.6 is 11.6 Å². The number of hydrogen-bond donors (Lipinski definition) is 1. The van der Waals surface area contributed by atoms with E-state index in [2.05, 4.69) is 9.88 Å². The molecule has 3 aromatic rings. The van der Waals surface area contributed by atoms with Gasteiger partial charge in [-0.05, 0) is 72.1 Å². The van der Waals surface area contributed by atoms with Gasteiger partial charge in [0, 0.05) is 54.9 Å². The molecule has 2 fully saturated rings. The lowest BCUT2D eigenvalue weighted by Crippen LogP contribution is -2.46. The number of likely N-dealkylation sites (tertiary alicyclic amines) is 1. The molecule has 5 rings (SSSR count).